The summed E-state index contributed by atoms with van der Waals surface area (Å²) in [6, 6.07) is 15.5. The van der Waals surface area contributed by atoms with E-state index in [9.17, 15) is 18.8 Å². The van der Waals surface area contributed by atoms with Gasteiger partial charge in [0.1, 0.15) is 23.4 Å². The molecule has 3 aromatic carbocycles. The number of aromatic nitrogens is 4. The van der Waals surface area contributed by atoms with Gasteiger partial charge < -0.3 is 15.5 Å². The number of amides is 1. The molecule has 48 heavy (non-hydrogen) atoms. The lowest BCUT2D eigenvalue weighted by molar-refractivity contribution is -0.130. The third kappa shape index (κ3) is 7.18. The Morgan fingerprint density at radius 1 is 1.06 bits per heavy atom. The Labute approximate surface area is 285 Å². The Hall–Kier alpha value is -4.83. The van der Waals surface area contributed by atoms with Crippen LogP contribution in [0.25, 0.3) is 10.9 Å². The summed E-state index contributed by atoms with van der Waals surface area (Å²) in [5, 5.41) is 26.3. The molecule has 1 aliphatic heterocycles. The second-order valence-electron chi connectivity index (χ2n) is 11.8. The predicted molar refractivity (Wildman–Crippen MR) is 181 cm³/mol. The zero-order valence-corrected chi connectivity index (χ0v) is 27.6. The van der Waals surface area contributed by atoms with E-state index in [0.29, 0.717) is 45.2 Å². The van der Waals surface area contributed by atoms with Crippen LogP contribution < -0.4 is 10.6 Å². The molecule has 246 valence electrons. The zero-order valence-electron chi connectivity index (χ0n) is 26.1. The van der Waals surface area contributed by atoms with Crippen LogP contribution in [0, 0.1) is 23.0 Å². The second kappa shape index (κ2) is 14.1. The van der Waals surface area contributed by atoms with Gasteiger partial charge in [-0.25, -0.2) is 13.5 Å². The van der Waals surface area contributed by atoms with E-state index in [2.05, 4.69) is 36.9 Å². The Kier molecular flexibility index (Phi) is 9.73. The maximum atomic E-state index is 14.0. The van der Waals surface area contributed by atoms with Crippen LogP contribution in [0.4, 0.5) is 25.8 Å². The van der Waals surface area contributed by atoms with E-state index in [1.807, 2.05) is 10.9 Å². The van der Waals surface area contributed by atoms with Crippen molar-refractivity contribution in [1.29, 1.82) is 5.26 Å². The summed E-state index contributed by atoms with van der Waals surface area (Å²) in [7, 11) is 3.51. The minimum Gasteiger partial charge on any atom is -0.373 e. The summed E-state index contributed by atoms with van der Waals surface area (Å²) in [6.45, 7) is 1.90. The van der Waals surface area contributed by atoms with E-state index in [-0.39, 0.29) is 28.4 Å². The van der Waals surface area contributed by atoms with E-state index in [1.165, 1.54) is 36.5 Å². The number of hydrogen-bond donors (Lipinski definition) is 2. The second-order valence-corrected chi connectivity index (χ2v) is 12.6. The number of piperidine rings is 1. The van der Waals surface area contributed by atoms with Crippen LogP contribution in [0.3, 0.4) is 0 Å². The number of likely N-dealkylation sites (tertiary alicyclic amines) is 1. The molecule has 3 heterocycles. The highest BCUT2D eigenvalue weighted by atomic mass is 35.5. The minimum absolute atomic E-state index is 0.0703. The molecular weight excluding hydrogens is 659 g/mol. The maximum absolute atomic E-state index is 14.0. The van der Waals surface area contributed by atoms with Gasteiger partial charge in [-0.15, -0.1) is 5.10 Å². The summed E-state index contributed by atoms with van der Waals surface area (Å²) in [5.74, 6) is -0.871. The molecule has 10 nitrogen and oxygen atoms in total. The number of nitrogens with one attached hydrogen (secondary N) is 2. The van der Waals surface area contributed by atoms with Crippen molar-refractivity contribution >= 4 is 57.1 Å². The molecule has 1 fully saturated rings. The van der Waals surface area contributed by atoms with Crippen LogP contribution in [-0.4, -0.2) is 69.4 Å². The van der Waals surface area contributed by atoms with Gasteiger partial charge in [0.2, 0.25) is 5.91 Å². The lowest BCUT2D eigenvalue weighted by atomic mass is 10.0. The summed E-state index contributed by atoms with van der Waals surface area (Å²) in [6.07, 6.45) is 4.91. The highest BCUT2D eigenvalue weighted by Crippen LogP contribution is 2.37. The standard InChI is InChI=1S/C34H31Cl2F2N9O/c1-45(2)31(48)19-46-11-9-25(10-12-46)47-18-30(43-44-47)33(20-3-5-22(37)6-4-20)42-24-13-26-32(41-23-7-8-29(38)27(35)14-23)21(16-39)17-40-34(26)28(36)15-24/h3-8,13-15,17-18,25,33,42H,9-12,19H2,1-2H3,(H,40,41). The number of pyridine rings is 1. The van der Waals surface area contributed by atoms with Gasteiger partial charge in [-0.1, -0.05) is 40.5 Å². The van der Waals surface area contributed by atoms with Crippen LogP contribution in [-0.2, 0) is 4.79 Å². The molecular formula is C34H31Cl2F2N9O. The van der Waals surface area contributed by atoms with Gasteiger partial charge in [0.25, 0.3) is 0 Å². The number of fused-ring (bicyclic) bond motifs is 1. The Morgan fingerprint density at radius 3 is 2.48 bits per heavy atom. The average Bonchev–Trinajstić information content (AvgIpc) is 3.56. The first kappa shape index (κ1) is 33.1. The van der Waals surface area contributed by atoms with Gasteiger partial charge in [-0.3, -0.25) is 14.7 Å². The van der Waals surface area contributed by atoms with Crippen molar-refractivity contribution in [3.8, 4) is 6.07 Å². The third-order valence-corrected chi connectivity index (χ3v) is 8.94. The van der Waals surface area contributed by atoms with Gasteiger partial charge in [0, 0.05) is 50.1 Å². The predicted octanol–water partition coefficient (Wildman–Crippen LogP) is 6.95. The number of likely N-dealkylation sites (N-methyl/N-ethyl adjacent to an activating group) is 1. The van der Waals surface area contributed by atoms with Crippen LogP contribution in [0.1, 0.15) is 41.7 Å². The molecule has 14 heteroatoms. The molecule has 6 rings (SSSR count). The normalized spacial score (nSPS) is 14.4. The number of carbonyl (C=O) groups excluding carboxylic acids is 1. The molecule has 1 amide bonds. The molecule has 0 bridgehead atoms. The number of hydrogen-bond acceptors (Lipinski definition) is 8. The van der Waals surface area contributed by atoms with Crippen molar-refractivity contribution in [2.24, 2.45) is 0 Å². The number of nitrogens with zero attached hydrogens (tertiary/aromatic N) is 7. The molecule has 0 aliphatic carbocycles. The fourth-order valence-corrected chi connectivity index (χ4v) is 6.16. The number of benzene rings is 3. The molecule has 0 saturated carbocycles. The molecule has 1 atom stereocenters. The van der Waals surface area contributed by atoms with Crippen LogP contribution in [0.5, 0.6) is 0 Å². The van der Waals surface area contributed by atoms with E-state index >= 15 is 0 Å². The van der Waals surface area contributed by atoms with Crippen molar-refractivity contribution in [3.63, 3.8) is 0 Å². The van der Waals surface area contributed by atoms with Gasteiger partial charge in [0.05, 0.1) is 51.6 Å². The van der Waals surface area contributed by atoms with Gasteiger partial charge in [0.15, 0.2) is 0 Å². The largest absolute Gasteiger partial charge is 0.373 e. The summed E-state index contributed by atoms with van der Waals surface area (Å²) >= 11 is 12.8. The first-order chi connectivity index (χ1) is 23.1. The fraction of sp³-hybridized carbons (Fsp3) is 0.265. The topological polar surface area (TPSA) is 115 Å². The van der Waals surface area contributed by atoms with Gasteiger partial charge in [-0.2, -0.15) is 5.26 Å². The molecule has 5 aromatic rings. The van der Waals surface area contributed by atoms with Crippen molar-refractivity contribution < 1.29 is 13.6 Å². The first-order valence-corrected chi connectivity index (χ1v) is 16.0. The van der Waals surface area contributed by atoms with Gasteiger partial charge >= 0.3 is 0 Å². The summed E-state index contributed by atoms with van der Waals surface area (Å²) < 4.78 is 29.7. The van der Waals surface area contributed by atoms with E-state index in [1.54, 1.807) is 43.3 Å². The zero-order chi connectivity index (χ0) is 33.9. The van der Waals surface area contributed by atoms with Crippen LogP contribution in [0.15, 0.2) is 67.0 Å². The molecule has 1 saturated heterocycles. The lowest BCUT2D eigenvalue weighted by Gasteiger charge is -2.31. The fourth-order valence-electron chi connectivity index (χ4n) is 5.71. The van der Waals surface area contributed by atoms with Crippen LogP contribution in [0.2, 0.25) is 10.0 Å². The monoisotopic (exact) mass is 689 g/mol. The Bertz CT molecular complexity index is 2010. The van der Waals surface area contributed by atoms with Crippen molar-refractivity contribution in [2.75, 3.05) is 44.4 Å². The number of carbonyl (C=O) groups is 1. The van der Waals surface area contributed by atoms with Gasteiger partial charge in [-0.05, 0) is 60.9 Å². The first-order valence-electron chi connectivity index (χ1n) is 15.2. The quantitative estimate of drug-likeness (QED) is 0.171. The molecule has 0 radical (unpaired) electrons. The Balaban J connectivity index is 1.32. The van der Waals surface area contributed by atoms with Crippen molar-refractivity contribution in [2.45, 2.75) is 24.9 Å². The lowest BCUT2D eigenvalue weighted by Crippen LogP contribution is -2.41. The minimum atomic E-state index is -0.567. The van der Waals surface area contributed by atoms with E-state index < -0.39 is 11.9 Å². The molecule has 1 unspecified atom stereocenters. The average molecular weight is 691 g/mol. The van der Waals surface area contributed by atoms with Crippen molar-refractivity contribution in [3.05, 3.63) is 105 Å². The number of anilines is 3. The number of halogens is 4. The van der Waals surface area contributed by atoms with E-state index in [0.717, 1.165) is 31.5 Å². The number of nitriles is 1. The maximum Gasteiger partial charge on any atom is 0.236 e. The highest BCUT2D eigenvalue weighted by Gasteiger charge is 2.26. The van der Waals surface area contributed by atoms with Crippen LogP contribution >= 0.6 is 23.2 Å². The number of rotatable bonds is 9. The van der Waals surface area contributed by atoms with Crippen molar-refractivity contribution in [1.82, 2.24) is 29.8 Å². The smallest absolute Gasteiger partial charge is 0.236 e. The SMILES string of the molecule is CN(C)C(=O)CN1CCC(n2cc(C(Nc3cc(Cl)c4ncc(C#N)c(Nc5ccc(F)c(Cl)c5)c4c3)c3ccc(F)cc3)nn2)CC1. The molecule has 0 spiro atoms. The summed E-state index contributed by atoms with van der Waals surface area (Å²) in [5.41, 5.74) is 3.49. The third-order valence-electron chi connectivity index (χ3n) is 8.36. The molecule has 1 aliphatic rings. The molecule has 2 N–H and O–H groups in total. The van der Waals surface area contributed by atoms with E-state index in [4.69, 9.17) is 23.2 Å². The molecule has 2 aromatic heterocycles. The Morgan fingerprint density at radius 2 is 1.79 bits per heavy atom. The summed E-state index contributed by atoms with van der Waals surface area (Å²) in [4.78, 5) is 20.3. The highest BCUT2D eigenvalue weighted by molar-refractivity contribution is 6.36.